The van der Waals surface area contributed by atoms with Crippen LogP contribution in [0.3, 0.4) is 0 Å². The Morgan fingerprint density at radius 3 is 2.94 bits per heavy atom. The molecule has 0 saturated carbocycles. The number of amides is 2. The summed E-state index contributed by atoms with van der Waals surface area (Å²) in [7, 11) is 0. The molecule has 3 aromatic heterocycles. The van der Waals surface area contributed by atoms with Crippen molar-refractivity contribution in [1.29, 1.82) is 0 Å². The van der Waals surface area contributed by atoms with Crippen molar-refractivity contribution in [3.05, 3.63) is 53.1 Å². The number of ether oxygens (including phenoxy) is 1. The van der Waals surface area contributed by atoms with E-state index in [0.29, 0.717) is 59.9 Å². The zero-order valence-electron chi connectivity index (χ0n) is 18.1. The Kier molecular flexibility index (Phi) is 5.63. The highest BCUT2D eigenvalue weighted by atomic mass is 16.5. The maximum Gasteiger partial charge on any atom is 0.259 e. The fourth-order valence-electron chi connectivity index (χ4n) is 4.96. The molecule has 1 spiro atoms. The second kappa shape index (κ2) is 8.74. The molecular formula is C22H25N7O4. The highest BCUT2D eigenvalue weighted by Gasteiger charge is 2.45. The van der Waals surface area contributed by atoms with E-state index < -0.39 is 0 Å². The topological polar surface area (TPSA) is 140 Å². The number of carbonyl (C=O) groups is 2. The van der Waals surface area contributed by atoms with E-state index in [4.69, 9.17) is 4.74 Å². The van der Waals surface area contributed by atoms with Crippen molar-refractivity contribution >= 4 is 23.0 Å². The van der Waals surface area contributed by atoms with Gasteiger partial charge in [-0.25, -0.2) is 4.98 Å². The minimum atomic E-state index is -0.242. The number of H-pyrrole nitrogens is 1. The van der Waals surface area contributed by atoms with E-state index in [9.17, 15) is 14.8 Å². The van der Waals surface area contributed by atoms with Crippen molar-refractivity contribution in [3.63, 3.8) is 0 Å². The number of rotatable bonds is 4. The predicted octanol–water partition coefficient (Wildman–Crippen LogP) is 0.675. The molecule has 11 nitrogen and oxygen atoms in total. The van der Waals surface area contributed by atoms with Crippen molar-refractivity contribution in [1.82, 2.24) is 30.6 Å². The van der Waals surface area contributed by atoms with Crippen LogP contribution in [0.5, 0.6) is 0 Å². The van der Waals surface area contributed by atoms with E-state index in [-0.39, 0.29) is 23.1 Å². The minimum absolute atomic E-state index is 0.00571. The number of nitrogens with one attached hydrogen (secondary N) is 2. The third-order valence-electron chi connectivity index (χ3n) is 6.93. The summed E-state index contributed by atoms with van der Waals surface area (Å²) >= 11 is 0. The first-order chi connectivity index (χ1) is 16.0. The minimum Gasteiger partial charge on any atom is -0.619 e. The third kappa shape index (κ3) is 4.23. The summed E-state index contributed by atoms with van der Waals surface area (Å²) < 4.78 is 6.23. The second-order valence-corrected chi connectivity index (χ2v) is 8.73. The van der Waals surface area contributed by atoms with Crippen LogP contribution < -0.4 is 10.0 Å². The number of fused-ring (bicyclic) bond motifs is 1. The highest BCUT2D eigenvalue weighted by Crippen LogP contribution is 2.44. The Balaban J connectivity index is 1.32. The molecule has 2 amide bonds. The van der Waals surface area contributed by atoms with Crippen molar-refractivity contribution in [2.45, 2.75) is 19.3 Å². The maximum atomic E-state index is 13.1. The van der Waals surface area contributed by atoms with Gasteiger partial charge in [0.1, 0.15) is 11.1 Å². The molecule has 2 aliphatic rings. The summed E-state index contributed by atoms with van der Waals surface area (Å²) in [5, 5.41) is 25.0. The van der Waals surface area contributed by atoms with Crippen LogP contribution >= 0.6 is 0 Å². The van der Waals surface area contributed by atoms with Gasteiger partial charge in [0.05, 0.1) is 5.56 Å². The van der Waals surface area contributed by atoms with Crippen LogP contribution in [0, 0.1) is 16.5 Å². The lowest BCUT2D eigenvalue weighted by Crippen LogP contribution is -2.54. The average molecular weight is 451 g/mol. The first-order valence-corrected chi connectivity index (χ1v) is 11.0. The lowest BCUT2D eigenvalue weighted by Gasteiger charge is -2.50. The van der Waals surface area contributed by atoms with Crippen molar-refractivity contribution < 1.29 is 19.1 Å². The van der Waals surface area contributed by atoms with Crippen molar-refractivity contribution in [2.75, 3.05) is 32.8 Å². The van der Waals surface area contributed by atoms with Gasteiger partial charge >= 0.3 is 0 Å². The number of piperidine rings is 1. The predicted molar refractivity (Wildman–Crippen MR) is 116 cm³/mol. The van der Waals surface area contributed by atoms with Crippen LogP contribution in [-0.2, 0) is 4.74 Å². The molecule has 0 aliphatic carbocycles. The molecule has 3 aromatic rings. The SMILES string of the molecule is O=C(NCC1CN(C(=O)c2ccc[n+]([O-])c2)CCC12CCOCC2)c1cnc2n[nH]nc2c1. The van der Waals surface area contributed by atoms with Gasteiger partial charge in [0, 0.05) is 45.1 Å². The van der Waals surface area contributed by atoms with Crippen molar-refractivity contribution in [3.8, 4) is 0 Å². The molecule has 33 heavy (non-hydrogen) atoms. The first-order valence-electron chi connectivity index (χ1n) is 11.0. The number of pyridine rings is 2. The molecular weight excluding hydrogens is 426 g/mol. The quantitative estimate of drug-likeness (QED) is 0.439. The molecule has 2 N–H and O–H groups in total. The summed E-state index contributed by atoms with van der Waals surface area (Å²) in [6.07, 6.45) is 6.76. The van der Waals surface area contributed by atoms with Gasteiger partial charge in [0.25, 0.3) is 11.8 Å². The second-order valence-electron chi connectivity index (χ2n) is 8.73. The summed E-state index contributed by atoms with van der Waals surface area (Å²) in [5.41, 5.74) is 1.76. The van der Waals surface area contributed by atoms with Gasteiger partial charge in [0.2, 0.25) is 5.65 Å². The van der Waals surface area contributed by atoms with Gasteiger partial charge in [-0.1, -0.05) is 0 Å². The highest BCUT2D eigenvalue weighted by molar-refractivity contribution is 5.96. The van der Waals surface area contributed by atoms with E-state index in [1.807, 2.05) is 0 Å². The molecule has 1 unspecified atom stereocenters. The number of aromatic nitrogens is 5. The lowest BCUT2D eigenvalue weighted by atomic mass is 9.65. The number of aromatic amines is 1. The van der Waals surface area contributed by atoms with Gasteiger partial charge in [-0.05, 0) is 42.7 Å². The van der Waals surface area contributed by atoms with Crippen LogP contribution in [0.15, 0.2) is 36.8 Å². The molecule has 11 heteroatoms. The summed E-state index contributed by atoms with van der Waals surface area (Å²) in [6, 6.07) is 4.87. The Hall–Kier alpha value is -3.60. The Morgan fingerprint density at radius 2 is 2.12 bits per heavy atom. The van der Waals surface area contributed by atoms with E-state index in [1.54, 1.807) is 23.1 Å². The van der Waals surface area contributed by atoms with E-state index in [0.717, 1.165) is 19.3 Å². The van der Waals surface area contributed by atoms with Gasteiger partial charge in [0.15, 0.2) is 12.4 Å². The monoisotopic (exact) mass is 451 g/mol. The van der Waals surface area contributed by atoms with E-state index >= 15 is 0 Å². The van der Waals surface area contributed by atoms with Crippen LogP contribution in [0.1, 0.15) is 40.0 Å². The normalized spacial score (nSPS) is 20.1. The van der Waals surface area contributed by atoms with Crippen LogP contribution in [0.25, 0.3) is 11.2 Å². The lowest BCUT2D eigenvalue weighted by molar-refractivity contribution is -0.605. The molecule has 1 atom stereocenters. The zero-order valence-corrected chi connectivity index (χ0v) is 18.1. The number of hydrogen-bond donors (Lipinski definition) is 2. The number of nitrogens with zero attached hydrogens (tertiary/aromatic N) is 5. The molecule has 2 aliphatic heterocycles. The fraction of sp³-hybridized carbons (Fsp3) is 0.455. The Labute approximate surface area is 189 Å². The number of hydrogen-bond acceptors (Lipinski definition) is 7. The Bertz CT molecular complexity index is 1170. The zero-order chi connectivity index (χ0) is 22.8. The molecule has 0 aromatic carbocycles. The average Bonchev–Trinajstić information content (AvgIpc) is 3.31. The summed E-state index contributed by atoms with van der Waals surface area (Å²) in [4.78, 5) is 31.9. The van der Waals surface area contributed by atoms with Crippen LogP contribution in [0.2, 0.25) is 0 Å². The summed E-state index contributed by atoms with van der Waals surface area (Å²) in [6.45, 7) is 2.91. The number of likely N-dealkylation sites (tertiary alicyclic amines) is 1. The van der Waals surface area contributed by atoms with Crippen molar-refractivity contribution in [2.24, 2.45) is 11.3 Å². The maximum absolute atomic E-state index is 13.1. The first kappa shape index (κ1) is 21.3. The standard InChI is InChI=1S/C22H25N7O4/c30-20(16-10-18-19(23-11-16)26-27-25-18)24-12-17-14-28(7-3-22(17)4-8-33-9-5-22)21(31)15-2-1-6-29(32)13-15/h1-2,6,10-11,13,17H,3-5,7-9,12,14H2,(H,24,30)(H,23,25,26,27). The smallest absolute Gasteiger partial charge is 0.259 e. The summed E-state index contributed by atoms with van der Waals surface area (Å²) in [5.74, 6) is -0.345. The van der Waals surface area contributed by atoms with Gasteiger partial charge in [-0.15, -0.1) is 5.10 Å². The molecule has 2 fully saturated rings. The molecule has 172 valence electrons. The molecule has 2 saturated heterocycles. The van der Waals surface area contributed by atoms with Crippen LogP contribution in [-0.4, -0.2) is 70.0 Å². The molecule has 0 radical (unpaired) electrons. The van der Waals surface area contributed by atoms with Crippen LogP contribution in [0.4, 0.5) is 0 Å². The fourth-order valence-corrected chi connectivity index (χ4v) is 4.96. The van der Waals surface area contributed by atoms with Gasteiger partial charge < -0.3 is 20.2 Å². The van der Waals surface area contributed by atoms with Gasteiger partial charge in [-0.2, -0.15) is 15.0 Å². The van der Waals surface area contributed by atoms with Gasteiger partial charge in [-0.3, -0.25) is 9.59 Å². The van der Waals surface area contributed by atoms with E-state index in [2.05, 4.69) is 25.7 Å². The molecule has 5 heterocycles. The molecule has 5 rings (SSSR count). The Morgan fingerprint density at radius 1 is 1.27 bits per heavy atom. The van der Waals surface area contributed by atoms with E-state index in [1.165, 1.54) is 18.6 Å². The third-order valence-corrected chi connectivity index (χ3v) is 6.93. The number of carbonyl (C=O) groups excluding carboxylic acids is 2. The largest absolute Gasteiger partial charge is 0.619 e. The molecule has 0 bridgehead atoms.